The molecule has 0 fully saturated rings. The molecule has 0 unspecified atom stereocenters. The van der Waals surface area contributed by atoms with E-state index in [-0.39, 0.29) is 23.7 Å². The predicted molar refractivity (Wildman–Crippen MR) is 121 cm³/mol. The maximum absolute atomic E-state index is 12.9. The largest absolute Gasteiger partial charge is 0.490 e. The molecule has 4 aromatic heterocycles. The molecule has 4 aromatic rings. The third-order valence-corrected chi connectivity index (χ3v) is 4.88. The van der Waals surface area contributed by atoms with E-state index < -0.39 is 23.7 Å². The van der Waals surface area contributed by atoms with Crippen molar-refractivity contribution in [1.82, 2.24) is 24.5 Å². The van der Waals surface area contributed by atoms with Gasteiger partial charge in [0.05, 0.1) is 29.7 Å². The summed E-state index contributed by atoms with van der Waals surface area (Å²) in [7, 11) is 1.75. The Balaban J connectivity index is 1.58. The summed E-state index contributed by atoms with van der Waals surface area (Å²) in [4.78, 5) is 28.5. The number of esters is 1. The molecule has 0 atom stereocenters. The Morgan fingerprint density at radius 2 is 1.92 bits per heavy atom. The van der Waals surface area contributed by atoms with Crippen LogP contribution >= 0.6 is 0 Å². The first-order valence-electron chi connectivity index (χ1n) is 10.6. The number of rotatable bonds is 7. The quantitative estimate of drug-likeness (QED) is 0.379. The van der Waals surface area contributed by atoms with E-state index in [0.717, 1.165) is 0 Å². The maximum atomic E-state index is 12.9. The van der Waals surface area contributed by atoms with Gasteiger partial charge < -0.3 is 14.5 Å². The van der Waals surface area contributed by atoms with Crippen LogP contribution in [0.4, 0.5) is 18.9 Å². The molecule has 0 radical (unpaired) electrons. The van der Waals surface area contributed by atoms with Gasteiger partial charge in [-0.25, -0.2) is 4.79 Å². The number of alkyl halides is 3. The van der Waals surface area contributed by atoms with Crippen LogP contribution in [0.5, 0.6) is 0 Å². The number of pyridine rings is 1. The van der Waals surface area contributed by atoms with Crippen LogP contribution in [0.25, 0.3) is 22.7 Å². The van der Waals surface area contributed by atoms with Crippen molar-refractivity contribution < 1.29 is 31.9 Å². The molecule has 1 N–H and O–H groups in total. The minimum Gasteiger partial charge on any atom is -0.451 e. The van der Waals surface area contributed by atoms with Gasteiger partial charge in [-0.2, -0.15) is 23.4 Å². The van der Waals surface area contributed by atoms with E-state index >= 15 is 0 Å². The SMILES string of the molecule is Cn1cc(-c2ccc(C(=O)Nc3cn(CC(C)(C)OC(=O)C(F)(F)F)nc3-c3ccccn3)o2)cn1. The van der Waals surface area contributed by atoms with Gasteiger partial charge >= 0.3 is 12.1 Å². The summed E-state index contributed by atoms with van der Waals surface area (Å²) in [5.74, 6) is -2.42. The van der Waals surface area contributed by atoms with Crippen LogP contribution in [0.15, 0.2) is 59.5 Å². The Hall–Kier alpha value is -4.42. The predicted octanol–water partition coefficient (Wildman–Crippen LogP) is 4.08. The lowest BCUT2D eigenvalue weighted by Gasteiger charge is -2.25. The Labute approximate surface area is 202 Å². The molecule has 0 aromatic carbocycles. The van der Waals surface area contributed by atoms with Crippen LogP contribution in [0, 0.1) is 0 Å². The molecule has 0 aliphatic heterocycles. The minimum atomic E-state index is -5.13. The lowest BCUT2D eigenvalue weighted by atomic mass is 10.1. The standard InChI is InChI=1S/C23H21F3N6O4/c1-22(2,36-21(34)23(24,25)26)13-32-12-16(19(30-32)15-6-4-5-9-27-15)29-20(33)18-8-7-17(35-18)14-10-28-31(3)11-14/h4-12H,13H2,1-3H3,(H,29,33). The van der Waals surface area contributed by atoms with Gasteiger partial charge in [0.15, 0.2) is 5.76 Å². The van der Waals surface area contributed by atoms with E-state index in [9.17, 15) is 22.8 Å². The summed E-state index contributed by atoms with van der Waals surface area (Å²) in [5, 5.41) is 11.1. The van der Waals surface area contributed by atoms with Crippen molar-refractivity contribution in [3.05, 3.63) is 60.9 Å². The second-order valence-electron chi connectivity index (χ2n) is 8.47. The van der Waals surface area contributed by atoms with Crippen LogP contribution < -0.4 is 5.32 Å². The van der Waals surface area contributed by atoms with E-state index in [1.165, 1.54) is 37.0 Å². The van der Waals surface area contributed by atoms with Crippen LogP contribution in [-0.2, 0) is 23.1 Å². The zero-order valence-corrected chi connectivity index (χ0v) is 19.4. The van der Waals surface area contributed by atoms with Crippen molar-refractivity contribution in [2.75, 3.05) is 5.32 Å². The first-order valence-corrected chi connectivity index (χ1v) is 10.6. The highest BCUT2D eigenvalue weighted by Crippen LogP contribution is 2.28. The van der Waals surface area contributed by atoms with Gasteiger partial charge in [-0.3, -0.25) is 19.1 Å². The molecule has 4 heterocycles. The number of ether oxygens (including phenoxy) is 1. The number of anilines is 1. The number of carbonyl (C=O) groups excluding carboxylic acids is 2. The molecule has 13 heteroatoms. The molecule has 188 valence electrons. The maximum Gasteiger partial charge on any atom is 0.490 e. The Morgan fingerprint density at radius 1 is 1.14 bits per heavy atom. The van der Waals surface area contributed by atoms with Crippen molar-refractivity contribution in [3.8, 4) is 22.7 Å². The van der Waals surface area contributed by atoms with Crippen LogP contribution in [-0.4, -0.2) is 48.2 Å². The van der Waals surface area contributed by atoms with Gasteiger partial charge in [0.2, 0.25) is 0 Å². The molecule has 10 nitrogen and oxygen atoms in total. The smallest absolute Gasteiger partial charge is 0.451 e. The van der Waals surface area contributed by atoms with Crippen LogP contribution in [0.3, 0.4) is 0 Å². The van der Waals surface area contributed by atoms with E-state index in [2.05, 4.69) is 25.2 Å². The zero-order valence-electron chi connectivity index (χ0n) is 19.4. The molecular weight excluding hydrogens is 481 g/mol. The fourth-order valence-corrected chi connectivity index (χ4v) is 3.36. The molecule has 36 heavy (non-hydrogen) atoms. The highest BCUT2D eigenvalue weighted by Gasteiger charge is 2.44. The highest BCUT2D eigenvalue weighted by atomic mass is 19.4. The summed E-state index contributed by atoms with van der Waals surface area (Å²) in [6.45, 7) is 2.41. The lowest BCUT2D eigenvalue weighted by molar-refractivity contribution is -0.212. The molecule has 4 rings (SSSR count). The number of hydrogen-bond acceptors (Lipinski definition) is 7. The molecular formula is C23H21F3N6O4. The number of aryl methyl sites for hydroxylation is 1. The van der Waals surface area contributed by atoms with Crippen molar-refractivity contribution >= 4 is 17.6 Å². The Kier molecular flexibility index (Phi) is 6.39. The molecule has 1 amide bonds. The normalized spacial score (nSPS) is 11.9. The van der Waals surface area contributed by atoms with Crippen LogP contribution in [0.2, 0.25) is 0 Å². The molecule has 0 aliphatic carbocycles. The summed E-state index contributed by atoms with van der Waals surface area (Å²) >= 11 is 0. The summed E-state index contributed by atoms with van der Waals surface area (Å²) in [5.41, 5.74) is 0.0409. The third kappa shape index (κ3) is 5.62. The third-order valence-electron chi connectivity index (χ3n) is 4.88. The van der Waals surface area contributed by atoms with Gasteiger partial charge in [0.25, 0.3) is 5.91 Å². The first kappa shape index (κ1) is 24.7. The molecule has 0 bridgehead atoms. The van der Waals surface area contributed by atoms with E-state index in [1.807, 2.05) is 0 Å². The average Bonchev–Trinajstić information content (AvgIpc) is 3.53. The lowest BCUT2D eigenvalue weighted by Crippen LogP contribution is -2.38. The van der Waals surface area contributed by atoms with Crippen molar-refractivity contribution in [2.45, 2.75) is 32.2 Å². The fraction of sp³-hybridized carbons (Fsp3) is 0.261. The van der Waals surface area contributed by atoms with Gasteiger partial charge in [-0.1, -0.05) is 6.07 Å². The minimum absolute atomic E-state index is 0.0213. The summed E-state index contributed by atoms with van der Waals surface area (Å²) in [6.07, 6.45) is 1.14. The average molecular weight is 502 g/mol. The second kappa shape index (κ2) is 9.32. The van der Waals surface area contributed by atoms with Crippen molar-refractivity contribution in [2.24, 2.45) is 7.05 Å². The number of halogens is 3. The zero-order chi connectivity index (χ0) is 26.1. The highest BCUT2D eigenvalue weighted by molar-refractivity contribution is 6.04. The van der Waals surface area contributed by atoms with Gasteiger partial charge in [-0.15, -0.1) is 0 Å². The van der Waals surface area contributed by atoms with E-state index in [0.29, 0.717) is 17.0 Å². The van der Waals surface area contributed by atoms with Crippen molar-refractivity contribution in [1.29, 1.82) is 0 Å². The first-order chi connectivity index (χ1) is 16.9. The number of furan rings is 1. The Bertz CT molecular complexity index is 1390. The molecule has 0 saturated heterocycles. The van der Waals surface area contributed by atoms with Gasteiger partial charge in [-0.05, 0) is 38.1 Å². The number of amides is 1. The van der Waals surface area contributed by atoms with Gasteiger partial charge in [0.1, 0.15) is 17.1 Å². The summed E-state index contributed by atoms with van der Waals surface area (Å²) < 4.78 is 51.1. The number of carbonyl (C=O) groups is 2. The van der Waals surface area contributed by atoms with Gasteiger partial charge in [0, 0.05) is 25.6 Å². The number of nitrogens with zero attached hydrogens (tertiary/aromatic N) is 5. The topological polar surface area (TPSA) is 117 Å². The second-order valence-corrected chi connectivity index (χ2v) is 8.47. The Morgan fingerprint density at radius 3 is 2.56 bits per heavy atom. The number of hydrogen-bond donors (Lipinski definition) is 1. The molecule has 0 aliphatic rings. The summed E-state index contributed by atoms with van der Waals surface area (Å²) in [6, 6.07) is 8.20. The fourth-order valence-electron chi connectivity index (χ4n) is 3.36. The van der Waals surface area contributed by atoms with Crippen LogP contribution in [0.1, 0.15) is 24.4 Å². The number of nitrogens with one attached hydrogen (secondary N) is 1. The monoisotopic (exact) mass is 502 g/mol. The van der Waals surface area contributed by atoms with Crippen molar-refractivity contribution in [3.63, 3.8) is 0 Å². The number of aromatic nitrogens is 5. The molecule has 0 saturated carbocycles. The molecule has 0 spiro atoms. The van der Waals surface area contributed by atoms with E-state index in [4.69, 9.17) is 4.42 Å². The van der Waals surface area contributed by atoms with E-state index in [1.54, 1.807) is 48.4 Å².